The van der Waals surface area contributed by atoms with Gasteiger partial charge < -0.3 is 0 Å². The number of hydrogen-bond donors (Lipinski definition) is 1. The first-order valence-electron chi connectivity index (χ1n) is 5.66. The van der Waals surface area contributed by atoms with Gasteiger partial charge in [0.25, 0.3) is 10.0 Å². The van der Waals surface area contributed by atoms with Gasteiger partial charge in [0.15, 0.2) is 0 Å². The molecule has 0 bridgehead atoms. The zero-order valence-corrected chi connectivity index (χ0v) is 13.5. The van der Waals surface area contributed by atoms with Crippen LogP contribution in [0, 0.1) is 5.82 Å². The summed E-state index contributed by atoms with van der Waals surface area (Å²) < 4.78 is 48.7. The maximum atomic E-state index is 13.0. The van der Waals surface area contributed by atoms with Crippen molar-refractivity contribution in [1.82, 2.24) is 8.75 Å². The second kappa shape index (κ2) is 5.32. The molecule has 2 aromatic carbocycles. The van der Waals surface area contributed by atoms with Gasteiger partial charge in [-0.25, -0.2) is 12.8 Å². The number of benzene rings is 2. The van der Waals surface area contributed by atoms with Crippen LogP contribution in [0.4, 0.5) is 10.1 Å². The van der Waals surface area contributed by atoms with E-state index in [1.807, 2.05) is 0 Å². The van der Waals surface area contributed by atoms with Crippen molar-refractivity contribution >= 4 is 54.4 Å². The van der Waals surface area contributed by atoms with Gasteiger partial charge in [0, 0.05) is 4.47 Å². The molecule has 1 N–H and O–H groups in total. The van der Waals surface area contributed by atoms with Crippen LogP contribution in [0.5, 0.6) is 0 Å². The van der Waals surface area contributed by atoms with Crippen molar-refractivity contribution in [1.29, 1.82) is 0 Å². The van der Waals surface area contributed by atoms with Crippen LogP contribution in [0.3, 0.4) is 0 Å². The zero-order chi connectivity index (χ0) is 15.0. The zero-order valence-electron chi connectivity index (χ0n) is 10.2. The summed E-state index contributed by atoms with van der Waals surface area (Å²) in [7, 11) is -3.84. The smallest absolute Gasteiger partial charge is 0.264 e. The molecule has 3 rings (SSSR count). The summed E-state index contributed by atoms with van der Waals surface area (Å²) >= 11 is 4.07. The number of fused-ring (bicyclic) bond motifs is 1. The van der Waals surface area contributed by atoms with Crippen LogP contribution in [0.1, 0.15) is 0 Å². The van der Waals surface area contributed by atoms with Gasteiger partial charge in [-0.1, -0.05) is 6.07 Å². The largest absolute Gasteiger partial charge is 0.278 e. The lowest BCUT2D eigenvalue weighted by atomic mass is 10.3. The van der Waals surface area contributed by atoms with Crippen LogP contribution in [0.2, 0.25) is 0 Å². The van der Waals surface area contributed by atoms with Crippen LogP contribution in [-0.2, 0) is 10.0 Å². The van der Waals surface area contributed by atoms with E-state index >= 15 is 0 Å². The number of aromatic nitrogens is 2. The Kier molecular flexibility index (Phi) is 3.64. The molecule has 1 heterocycles. The molecule has 9 heteroatoms. The number of anilines is 1. The van der Waals surface area contributed by atoms with E-state index in [4.69, 9.17) is 0 Å². The van der Waals surface area contributed by atoms with Gasteiger partial charge in [-0.15, -0.1) is 0 Å². The monoisotopic (exact) mass is 387 g/mol. The van der Waals surface area contributed by atoms with Crippen LogP contribution < -0.4 is 4.72 Å². The minimum Gasteiger partial charge on any atom is -0.278 e. The van der Waals surface area contributed by atoms with Gasteiger partial charge in [-0.2, -0.15) is 8.75 Å². The lowest BCUT2D eigenvalue weighted by Crippen LogP contribution is -2.13. The first kappa shape index (κ1) is 14.4. The first-order valence-corrected chi connectivity index (χ1v) is 8.67. The summed E-state index contributed by atoms with van der Waals surface area (Å²) in [5.41, 5.74) is 1.07. The predicted molar refractivity (Wildman–Crippen MR) is 82.3 cm³/mol. The van der Waals surface area contributed by atoms with Crippen molar-refractivity contribution in [3.8, 4) is 0 Å². The third kappa shape index (κ3) is 2.76. The molecular formula is C12H7BrFN3O2S2. The molecule has 0 spiro atoms. The van der Waals surface area contributed by atoms with Crippen molar-refractivity contribution < 1.29 is 12.8 Å². The molecule has 0 aliphatic carbocycles. The van der Waals surface area contributed by atoms with E-state index in [2.05, 4.69) is 29.4 Å². The molecule has 5 nitrogen and oxygen atoms in total. The molecule has 0 aliphatic rings. The summed E-state index contributed by atoms with van der Waals surface area (Å²) in [6.07, 6.45) is 0. The van der Waals surface area contributed by atoms with Crippen molar-refractivity contribution in [2.75, 3.05) is 4.72 Å². The Morgan fingerprint density at radius 2 is 2.00 bits per heavy atom. The minimum atomic E-state index is -3.84. The Morgan fingerprint density at radius 1 is 1.19 bits per heavy atom. The second-order valence-corrected chi connectivity index (χ2v) is 7.15. The summed E-state index contributed by atoms with van der Waals surface area (Å²) in [4.78, 5) is 0.0324. The van der Waals surface area contributed by atoms with E-state index in [9.17, 15) is 12.8 Å². The quantitative estimate of drug-likeness (QED) is 0.747. The molecule has 1 aromatic heterocycles. The second-order valence-electron chi connectivity index (χ2n) is 4.12. The third-order valence-electron chi connectivity index (χ3n) is 2.71. The Balaban J connectivity index is 2.06. The van der Waals surface area contributed by atoms with Gasteiger partial charge in [0.2, 0.25) is 0 Å². The molecule has 0 atom stereocenters. The number of hydrogen-bond acceptors (Lipinski definition) is 5. The van der Waals surface area contributed by atoms with Crippen LogP contribution in [0.15, 0.2) is 45.8 Å². The molecule has 0 radical (unpaired) electrons. The third-order valence-corrected chi connectivity index (χ3v) is 5.31. The van der Waals surface area contributed by atoms with Gasteiger partial charge in [-0.3, -0.25) is 4.72 Å². The lowest BCUT2D eigenvalue weighted by Gasteiger charge is -2.10. The molecule has 0 amide bonds. The first-order chi connectivity index (χ1) is 9.97. The van der Waals surface area contributed by atoms with Crippen LogP contribution in [0.25, 0.3) is 11.0 Å². The Morgan fingerprint density at radius 3 is 2.76 bits per heavy atom. The van der Waals surface area contributed by atoms with Crippen LogP contribution >= 0.6 is 27.7 Å². The highest BCUT2D eigenvalue weighted by Gasteiger charge is 2.20. The molecule has 3 aromatic rings. The Labute approximate surface area is 132 Å². The fourth-order valence-corrected chi connectivity index (χ4v) is 4.20. The van der Waals surface area contributed by atoms with E-state index in [0.717, 1.165) is 11.7 Å². The van der Waals surface area contributed by atoms with E-state index in [1.54, 1.807) is 12.1 Å². The average molecular weight is 388 g/mol. The van der Waals surface area contributed by atoms with Crippen LogP contribution in [-0.4, -0.2) is 17.2 Å². The Bertz CT molecular complexity index is 927. The average Bonchev–Trinajstić information content (AvgIpc) is 2.90. The molecule has 0 saturated carbocycles. The number of sulfonamides is 1. The summed E-state index contributed by atoms with van der Waals surface area (Å²) in [5.74, 6) is -0.462. The van der Waals surface area contributed by atoms with Gasteiger partial charge >= 0.3 is 0 Å². The number of halogens is 2. The summed E-state index contributed by atoms with van der Waals surface area (Å²) in [5, 5.41) is 0. The molecule has 21 heavy (non-hydrogen) atoms. The molecular weight excluding hydrogens is 381 g/mol. The number of nitrogens with one attached hydrogen (secondary N) is 1. The maximum absolute atomic E-state index is 13.0. The van der Waals surface area contributed by atoms with Gasteiger partial charge in [0.1, 0.15) is 21.7 Å². The Hall–Kier alpha value is -1.58. The molecule has 108 valence electrons. The topological polar surface area (TPSA) is 72.0 Å². The minimum absolute atomic E-state index is 0.0324. The molecule has 0 aliphatic heterocycles. The molecule has 0 saturated heterocycles. The van der Waals surface area contributed by atoms with E-state index < -0.39 is 15.8 Å². The number of rotatable bonds is 3. The van der Waals surface area contributed by atoms with Crippen molar-refractivity contribution in [3.05, 3.63) is 46.7 Å². The molecule has 0 unspecified atom stereocenters. The van der Waals surface area contributed by atoms with Crippen molar-refractivity contribution in [2.24, 2.45) is 0 Å². The standard InChI is InChI=1S/C12H7BrFN3O2S2/c13-8-6-7(14)4-5-9(8)17-21(18,19)11-3-1-2-10-12(11)16-20-15-10/h1-6,17H. The summed E-state index contributed by atoms with van der Waals surface area (Å²) in [6.45, 7) is 0. The van der Waals surface area contributed by atoms with E-state index in [1.165, 1.54) is 24.3 Å². The van der Waals surface area contributed by atoms with E-state index in [-0.39, 0.29) is 10.6 Å². The van der Waals surface area contributed by atoms with Crippen molar-refractivity contribution in [3.63, 3.8) is 0 Å². The fraction of sp³-hybridized carbons (Fsp3) is 0. The highest BCUT2D eigenvalue weighted by atomic mass is 79.9. The summed E-state index contributed by atoms with van der Waals surface area (Å²) in [6, 6.07) is 8.43. The number of nitrogens with zero attached hydrogens (tertiary/aromatic N) is 2. The highest BCUT2D eigenvalue weighted by molar-refractivity contribution is 9.10. The van der Waals surface area contributed by atoms with E-state index in [0.29, 0.717) is 15.5 Å². The SMILES string of the molecule is O=S(=O)(Nc1ccc(F)cc1Br)c1cccc2nsnc12. The normalized spacial score (nSPS) is 11.7. The lowest BCUT2D eigenvalue weighted by molar-refractivity contribution is 0.601. The van der Waals surface area contributed by atoms with Gasteiger partial charge in [0.05, 0.1) is 17.4 Å². The highest BCUT2D eigenvalue weighted by Crippen LogP contribution is 2.28. The van der Waals surface area contributed by atoms with Crippen molar-refractivity contribution in [2.45, 2.75) is 4.90 Å². The molecule has 0 fully saturated rings. The predicted octanol–water partition coefficient (Wildman–Crippen LogP) is 3.39. The fourth-order valence-electron chi connectivity index (χ4n) is 1.77. The maximum Gasteiger partial charge on any atom is 0.264 e. The van der Waals surface area contributed by atoms with Gasteiger partial charge in [-0.05, 0) is 46.3 Å².